The van der Waals surface area contributed by atoms with Gasteiger partial charge in [0.1, 0.15) is 5.56 Å². The lowest BCUT2D eigenvalue weighted by atomic mass is 9.90. The summed E-state index contributed by atoms with van der Waals surface area (Å²) in [5.41, 5.74) is 2.10. The van der Waals surface area contributed by atoms with Crippen molar-refractivity contribution in [2.24, 2.45) is 0 Å². The molecular formula is C18H21N3O4S. The molecule has 7 nitrogen and oxygen atoms in total. The van der Waals surface area contributed by atoms with E-state index in [9.17, 15) is 9.90 Å². The molecule has 0 saturated carbocycles. The number of hydrogen-bond acceptors (Lipinski definition) is 7. The van der Waals surface area contributed by atoms with Gasteiger partial charge in [-0.3, -0.25) is 9.36 Å². The molecular weight excluding hydrogens is 354 g/mol. The maximum atomic E-state index is 13.1. The van der Waals surface area contributed by atoms with Gasteiger partial charge < -0.3 is 19.9 Å². The monoisotopic (exact) mass is 375 g/mol. The van der Waals surface area contributed by atoms with E-state index >= 15 is 0 Å². The maximum Gasteiger partial charge on any atom is 0.263 e. The maximum absolute atomic E-state index is 13.1. The quantitative estimate of drug-likeness (QED) is 0.790. The Labute approximate surface area is 155 Å². The van der Waals surface area contributed by atoms with Gasteiger partial charge in [-0.05, 0) is 36.1 Å². The summed E-state index contributed by atoms with van der Waals surface area (Å²) < 4.78 is 12.5. The van der Waals surface area contributed by atoms with Gasteiger partial charge in [-0.15, -0.1) is 0 Å². The SMILES string of the molecule is COc1cc2c(cc1OC)[C@@H](c1c(O)nc3n(c1=O)CCCS3)NCC2. The first-order chi connectivity index (χ1) is 12.6. The molecule has 0 saturated heterocycles. The topological polar surface area (TPSA) is 85.6 Å². The minimum absolute atomic E-state index is 0.181. The molecule has 0 radical (unpaired) electrons. The number of hydrogen-bond donors (Lipinski definition) is 2. The first-order valence-corrected chi connectivity index (χ1v) is 9.57. The number of aromatic nitrogens is 2. The molecule has 1 aromatic carbocycles. The molecule has 0 amide bonds. The normalized spacial score (nSPS) is 18.8. The highest BCUT2D eigenvalue weighted by atomic mass is 32.2. The van der Waals surface area contributed by atoms with Crippen molar-refractivity contribution in [2.75, 3.05) is 26.5 Å². The summed E-state index contributed by atoms with van der Waals surface area (Å²) in [6.45, 7) is 1.33. The van der Waals surface area contributed by atoms with E-state index in [1.165, 1.54) is 11.8 Å². The predicted octanol–water partition coefficient (Wildman–Crippen LogP) is 1.70. The summed E-state index contributed by atoms with van der Waals surface area (Å²) in [4.78, 5) is 17.4. The van der Waals surface area contributed by atoms with Crippen LogP contribution in [0, 0.1) is 0 Å². The number of rotatable bonds is 3. The lowest BCUT2D eigenvalue weighted by molar-refractivity contribution is 0.352. The Morgan fingerprint density at radius 2 is 2.08 bits per heavy atom. The van der Waals surface area contributed by atoms with Gasteiger partial charge in [0.2, 0.25) is 5.88 Å². The smallest absolute Gasteiger partial charge is 0.263 e. The Balaban J connectivity index is 1.88. The number of nitrogens with one attached hydrogen (secondary N) is 1. The van der Waals surface area contributed by atoms with Crippen molar-refractivity contribution in [3.05, 3.63) is 39.2 Å². The molecule has 2 aliphatic heterocycles. The van der Waals surface area contributed by atoms with Crippen molar-refractivity contribution in [1.29, 1.82) is 0 Å². The zero-order valence-corrected chi connectivity index (χ0v) is 15.6. The van der Waals surface area contributed by atoms with E-state index in [2.05, 4.69) is 10.3 Å². The highest BCUT2D eigenvalue weighted by Crippen LogP contribution is 2.38. The van der Waals surface area contributed by atoms with Gasteiger partial charge >= 0.3 is 0 Å². The summed E-state index contributed by atoms with van der Waals surface area (Å²) in [6, 6.07) is 3.39. The Morgan fingerprint density at radius 1 is 1.31 bits per heavy atom. The highest BCUT2D eigenvalue weighted by molar-refractivity contribution is 7.99. The van der Waals surface area contributed by atoms with Crippen molar-refractivity contribution >= 4 is 11.8 Å². The standard InChI is InChI=1S/C18H21N3O4S/c1-24-12-8-10-4-5-19-15(11(10)9-13(12)25-2)14-16(22)20-18-21(17(14)23)6-3-7-26-18/h8-9,15,19,22H,3-7H2,1-2H3/t15-/m0/s1. The number of methoxy groups -OCH3 is 2. The van der Waals surface area contributed by atoms with Crippen LogP contribution in [0.25, 0.3) is 0 Å². The van der Waals surface area contributed by atoms with Crippen molar-refractivity contribution in [1.82, 2.24) is 14.9 Å². The van der Waals surface area contributed by atoms with Gasteiger partial charge in [0.05, 0.1) is 20.3 Å². The van der Waals surface area contributed by atoms with Crippen LogP contribution in [0.2, 0.25) is 0 Å². The molecule has 4 rings (SSSR count). The van der Waals surface area contributed by atoms with Crippen LogP contribution in [-0.2, 0) is 13.0 Å². The van der Waals surface area contributed by atoms with Crippen LogP contribution in [0.15, 0.2) is 22.1 Å². The number of fused-ring (bicyclic) bond motifs is 2. The van der Waals surface area contributed by atoms with E-state index in [0.29, 0.717) is 35.3 Å². The Morgan fingerprint density at radius 3 is 2.85 bits per heavy atom. The summed E-state index contributed by atoms with van der Waals surface area (Å²) in [5.74, 6) is 1.97. The third-order valence-electron chi connectivity index (χ3n) is 4.89. The number of benzene rings is 1. The number of thioether (sulfide) groups is 1. The molecule has 0 spiro atoms. The van der Waals surface area contributed by atoms with Gasteiger partial charge in [0.25, 0.3) is 5.56 Å². The van der Waals surface area contributed by atoms with Gasteiger partial charge in [-0.25, -0.2) is 0 Å². The average Bonchev–Trinajstić information content (AvgIpc) is 2.67. The van der Waals surface area contributed by atoms with Crippen LogP contribution in [0.5, 0.6) is 17.4 Å². The van der Waals surface area contributed by atoms with Crippen molar-refractivity contribution in [3.63, 3.8) is 0 Å². The second-order valence-corrected chi connectivity index (χ2v) is 7.40. The zero-order chi connectivity index (χ0) is 18.3. The second kappa shape index (κ2) is 6.85. The first-order valence-electron chi connectivity index (χ1n) is 8.58. The van der Waals surface area contributed by atoms with Gasteiger partial charge in [-0.2, -0.15) is 4.98 Å². The fourth-order valence-electron chi connectivity index (χ4n) is 3.63. The molecule has 3 heterocycles. The second-order valence-electron chi connectivity index (χ2n) is 6.33. The van der Waals surface area contributed by atoms with Crippen LogP contribution in [0.1, 0.15) is 29.2 Å². The molecule has 2 aromatic rings. The molecule has 1 atom stereocenters. The third-order valence-corrected chi connectivity index (χ3v) is 5.96. The lowest BCUT2D eigenvalue weighted by Gasteiger charge is -2.29. The third kappa shape index (κ3) is 2.73. The number of nitrogens with zero attached hydrogens (tertiary/aromatic N) is 2. The van der Waals surface area contributed by atoms with E-state index in [4.69, 9.17) is 9.47 Å². The van der Waals surface area contributed by atoms with Gasteiger partial charge in [0, 0.05) is 18.8 Å². The Hall–Kier alpha value is -2.19. The van der Waals surface area contributed by atoms with Crippen molar-refractivity contribution in [3.8, 4) is 17.4 Å². The molecule has 0 fully saturated rings. The minimum Gasteiger partial charge on any atom is -0.493 e. The van der Waals surface area contributed by atoms with Gasteiger partial charge in [-0.1, -0.05) is 11.8 Å². The summed E-state index contributed by atoms with van der Waals surface area (Å²) >= 11 is 1.50. The van der Waals surface area contributed by atoms with Crippen LogP contribution < -0.4 is 20.3 Å². The van der Waals surface area contributed by atoms with E-state index < -0.39 is 6.04 Å². The molecule has 8 heteroatoms. The van der Waals surface area contributed by atoms with E-state index in [1.54, 1.807) is 18.8 Å². The highest BCUT2D eigenvalue weighted by Gasteiger charge is 2.31. The molecule has 0 bridgehead atoms. The minimum atomic E-state index is -0.428. The molecule has 26 heavy (non-hydrogen) atoms. The summed E-state index contributed by atoms with van der Waals surface area (Å²) in [5, 5.41) is 14.5. The molecule has 2 aliphatic rings. The fourth-order valence-corrected chi connectivity index (χ4v) is 4.56. The molecule has 138 valence electrons. The molecule has 2 N–H and O–H groups in total. The zero-order valence-electron chi connectivity index (χ0n) is 14.7. The van der Waals surface area contributed by atoms with E-state index in [1.807, 2.05) is 12.1 Å². The molecule has 0 aliphatic carbocycles. The van der Waals surface area contributed by atoms with Crippen molar-refractivity contribution < 1.29 is 14.6 Å². The summed E-state index contributed by atoms with van der Waals surface area (Å²) in [6.07, 6.45) is 1.73. The van der Waals surface area contributed by atoms with Gasteiger partial charge in [0.15, 0.2) is 16.7 Å². The van der Waals surface area contributed by atoms with Crippen LogP contribution in [0.4, 0.5) is 0 Å². The van der Waals surface area contributed by atoms with Crippen molar-refractivity contribution in [2.45, 2.75) is 30.6 Å². The molecule has 1 aromatic heterocycles. The average molecular weight is 375 g/mol. The fraction of sp³-hybridized carbons (Fsp3) is 0.444. The molecule has 0 unspecified atom stereocenters. The first kappa shape index (κ1) is 17.2. The van der Waals surface area contributed by atoms with E-state index in [0.717, 1.165) is 29.7 Å². The van der Waals surface area contributed by atoms with Crippen LogP contribution in [-0.4, -0.2) is 41.2 Å². The lowest BCUT2D eigenvalue weighted by Crippen LogP contribution is -2.37. The Kier molecular flexibility index (Phi) is 4.54. The summed E-state index contributed by atoms with van der Waals surface area (Å²) in [7, 11) is 3.19. The van der Waals surface area contributed by atoms with E-state index in [-0.39, 0.29) is 11.4 Å². The van der Waals surface area contributed by atoms with Crippen LogP contribution >= 0.6 is 11.8 Å². The predicted molar refractivity (Wildman–Crippen MR) is 98.6 cm³/mol. The van der Waals surface area contributed by atoms with Crippen LogP contribution in [0.3, 0.4) is 0 Å². The number of aromatic hydroxyl groups is 1. The largest absolute Gasteiger partial charge is 0.493 e. The number of ether oxygens (including phenoxy) is 2. The Bertz CT molecular complexity index is 912.